The third-order valence-corrected chi connectivity index (χ3v) is 2.19. The van der Waals surface area contributed by atoms with Crippen LogP contribution < -0.4 is 5.73 Å². The molecule has 1 aromatic rings. The number of amides is 1. The lowest BCUT2D eigenvalue weighted by Gasteiger charge is -2.20. The number of nitrogens with zero attached hydrogens (tertiary/aromatic N) is 3. The van der Waals surface area contributed by atoms with Crippen molar-refractivity contribution in [3.63, 3.8) is 0 Å². The van der Waals surface area contributed by atoms with Crippen LogP contribution in [0.25, 0.3) is 0 Å². The second-order valence-electron chi connectivity index (χ2n) is 3.80. The topological polar surface area (TPSA) is 73.4 Å². The number of rotatable bonds is 5. The molecule has 6 nitrogen and oxygen atoms in total. The standard InChI is InChI=1S/C10H18N4O2/c1-13(6-9(11)7-16-3)10(15)8-4-12-14(2)5-8/h4-5,9H,6-7,11H2,1-3H3. The van der Waals surface area contributed by atoms with E-state index in [-0.39, 0.29) is 11.9 Å². The summed E-state index contributed by atoms with van der Waals surface area (Å²) in [5.41, 5.74) is 6.33. The average Bonchev–Trinajstić information content (AvgIpc) is 2.64. The Morgan fingerprint density at radius 1 is 1.75 bits per heavy atom. The lowest BCUT2D eigenvalue weighted by molar-refractivity contribution is 0.0764. The zero-order chi connectivity index (χ0) is 12.1. The number of carbonyl (C=O) groups is 1. The number of aryl methyl sites for hydroxylation is 1. The molecule has 0 aliphatic rings. The second-order valence-corrected chi connectivity index (χ2v) is 3.80. The molecule has 1 aromatic heterocycles. The highest BCUT2D eigenvalue weighted by molar-refractivity contribution is 5.93. The van der Waals surface area contributed by atoms with Crippen LogP contribution in [0.4, 0.5) is 0 Å². The molecule has 0 radical (unpaired) electrons. The number of methoxy groups -OCH3 is 1. The first-order chi connectivity index (χ1) is 7.54. The molecule has 90 valence electrons. The number of carbonyl (C=O) groups excluding carboxylic acids is 1. The van der Waals surface area contributed by atoms with E-state index in [4.69, 9.17) is 10.5 Å². The fourth-order valence-corrected chi connectivity index (χ4v) is 1.45. The average molecular weight is 226 g/mol. The van der Waals surface area contributed by atoms with Crippen molar-refractivity contribution < 1.29 is 9.53 Å². The number of hydrogen-bond donors (Lipinski definition) is 1. The zero-order valence-electron chi connectivity index (χ0n) is 9.88. The predicted octanol–water partition coefficient (Wildman–Crippen LogP) is -0.534. The van der Waals surface area contributed by atoms with Gasteiger partial charge in [0.1, 0.15) is 0 Å². The Bertz CT molecular complexity index is 350. The van der Waals surface area contributed by atoms with Crippen LogP contribution in [0.1, 0.15) is 10.4 Å². The maximum atomic E-state index is 11.9. The lowest BCUT2D eigenvalue weighted by atomic mass is 10.2. The molecule has 0 aliphatic carbocycles. The Hall–Kier alpha value is -1.40. The first kappa shape index (κ1) is 12.7. The highest BCUT2D eigenvalue weighted by atomic mass is 16.5. The molecule has 0 fully saturated rings. The quantitative estimate of drug-likeness (QED) is 0.732. The van der Waals surface area contributed by atoms with Gasteiger partial charge in [-0.3, -0.25) is 9.48 Å². The highest BCUT2D eigenvalue weighted by Gasteiger charge is 2.15. The van der Waals surface area contributed by atoms with Gasteiger partial charge in [0, 0.05) is 40.0 Å². The smallest absolute Gasteiger partial charge is 0.256 e. The van der Waals surface area contributed by atoms with Gasteiger partial charge in [0.05, 0.1) is 18.4 Å². The van der Waals surface area contributed by atoms with E-state index in [1.165, 1.54) is 0 Å². The monoisotopic (exact) mass is 226 g/mol. The number of nitrogens with two attached hydrogens (primary N) is 1. The lowest BCUT2D eigenvalue weighted by Crippen LogP contribution is -2.41. The molecule has 0 saturated carbocycles. The van der Waals surface area contributed by atoms with Crippen molar-refractivity contribution in [3.05, 3.63) is 18.0 Å². The van der Waals surface area contributed by atoms with Crippen molar-refractivity contribution >= 4 is 5.91 Å². The summed E-state index contributed by atoms with van der Waals surface area (Å²) in [4.78, 5) is 13.4. The molecule has 0 aromatic carbocycles. The van der Waals surface area contributed by atoms with E-state index in [9.17, 15) is 4.79 Å². The molecular formula is C10H18N4O2. The molecule has 2 N–H and O–H groups in total. The fourth-order valence-electron chi connectivity index (χ4n) is 1.45. The Balaban J connectivity index is 2.54. The van der Waals surface area contributed by atoms with Crippen molar-refractivity contribution in [2.24, 2.45) is 12.8 Å². The van der Waals surface area contributed by atoms with E-state index in [1.807, 2.05) is 0 Å². The van der Waals surface area contributed by atoms with Crippen molar-refractivity contribution in [2.45, 2.75) is 6.04 Å². The van der Waals surface area contributed by atoms with Gasteiger partial charge >= 0.3 is 0 Å². The van der Waals surface area contributed by atoms with E-state index in [0.717, 1.165) is 0 Å². The number of likely N-dealkylation sites (N-methyl/N-ethyl adjacent to an activating group) is 1. The van der Waals surface area contributed by atoms with Crippen LogP contribution >= 0.6 is 0 Å². The predicted molar refractivity (Wildman–Crippen MR) is 60.0 cm³/mol. The largest absolute Gasteiger partial charge is 0.383 e. The van der Waals surface area contributed by atoms with Gasteiger partial charge in [-0.1, -0.05) is 0 Å². The summed E-state index contributed by atoms with van der Waals surface area (Å²) in [5, 5.41) is 3.95. The van der Waals surface area contributed by atoms with Gasteiger partial charge in [0.25, 0.3) is 5.91 Å². The van der Waals surface area contributed by atoms with Gasteiger partial charge < -0.3 is 15.4 Å². The third-order valence-electron chi connectivity index (χ3n) is 2.19. The summed E-state index contributed by atoms with van der Waals surface area (Å²) < 4.78 is 6.51. The van der Waals surface area contributed by atoms with Gasteiger partial charge in [-0.05, 0) is 0 Å². The summed E-state index contributed by atoms with van der Waals surface area (Å²) in [7, 11) is 5.07. The fraction of sp³-hybridized carbons (Fsp3) is 0.600. The van der Waals surface area contributed by atoms with Crippen molar-refractivity contribution in [2.75, 3.05) is 27.3 Å². The maximum Gasteiger partial charge on any atom is 0.256 e. The highest BCUT2D eigenvalue weighted by Crippen LogP contribution is 2.02. The van der Waals surface area contributed by atoms with Crippen molar-refractivity contribution in [1.29, 1.82) is 0 Å². The first-order valence-corrected chi connectivity index (χ1v) is 5.03. The minimum atomic E-state index is -0.171. The Kier molecular flexibility index (Phi) is 4.45. The summed E-state index contributed by atoms with van der Waals surface area (Å²) >= 11 is 0. The Labute approximate surface area is 95.0 Å². The van der Waals surface area contributed by atoms with Gasteiger partial charge in [-0.2, -0.15) is 5.10 Å². The summed E-state index contributed by atoms with van der Waals surface area (Å²) in [6, 6.07) is -0.171. The molecular weight excluding hydrogens is 208 g/mol. The molecule has 1 amide bonds. The van der Waals surface area contributed by atoms with Gasteiger partial charge in [-0.25, -0.2) is 0 Å². The summed E-state index contributed by atoms with van der Waals surface area (Å²) in [6.07, 6.45) is 3.22. The van der Waals surface area contributed by atoms with Crippen molar-refractivity contribution in [3.8, 4) is 0 Å². The van der Waals surface area contributed by atoms with Crippen LogP contribution in [0.3, 0.4) is 0 Å². The molecule has 0 spiro atoms. The summed E-state index contributed by atoms with van der Waals surface area (Å²) in [5.74, 6) is -0.0837. The van der Waals surface area contributed by atoms with E-state index in [1.54, 1.807) is 43.2 Å². The normalized spacial score (nSPS) is 12.5. The SMILES string of the molecule is COCC(N)CN(C)C(=O)c1cnn(C)c1. The number of aromatic nitrogens is 2. The molecule has 6 heteroatoms. The molecule has 1 atom stereocenters. The first-order valence-electron chi connectivity index (χ1n) is 5.03. The minimum absolute atomic E-state index is 0.0837. The zero-order valence-corrected chi connectivity index (χ0v) is 9.88. The second kappa shape index (κ2) is 5.62. The molecule has 1 heterocycles. The van der Waals surface area contributed by atoms with Crippen LogP contribution in [0.15, 0.2) is 12.4 Å². The minimum Gasteiger partial charge on any atom is -0.383 e. The molecule has 0 bridgehead atoms. The van der Waals surface area contributed by atoms with Crippen LogP contribution in [0.2, 0.25) is 0 Å². The number of hydrogen-bond acceptors (Lipinski definition) is 4. The molecule has 1 unspecified atom stereocenters. The molecule has 0 saturated heterocycles. The Morgan fingerprint density at radius 2 is 2.44 bits per heavy atom. The molecule has 16 heavy (non-hydrogen) atoms. The molecule has 1 rings (SSSR count). The van der Waals surface area contributed by atoms with Gasteiger partial charge in [0.15, 0.2) is 0 Å². The van der Waals surface area contributed by atoms with Crippen molar-refractivity contribution in [1.82, 2.24) is 14.7 Å². The Morgan fingerprint density at radius 3 is 2.94 bits per heavy atom. The van der Waals surface area contributed by atoms with E-state index in [0.29, 0.717) is 18.7 Å². The third kappa shape index (κ3) is 3.32. The van der Waals surface area contributed by atoms with Crippen LogP contribution in [0.5, 0.6) is 0 Å². The van der Waals surface area contributed by atoms with Crippen LogP contribution in [-0.4, -0.2) is 53.9 Å². The number of ether oxygens (including phenoxy) is 1. The molecule has 0 aliphatic heterocycles. The van der Waals surface area contributed by atoms with Gasteiger partial charge in [-0.15, -0.1) is 0 Å². The van der Waals surface area contributed by atoms with Crippen LogP contribution in [-0.2, 0) is 11.8 Å². The van der Waals surface area contributed by atoms with Gasteiger partial charge in [0.2, 0.25) is 0 Å². The summed E-state index contributed by atoms with van der Waals surface area (Å²) in [6.45, 7) is 0.895. The van der Waals surface area contributed by atoms with Crippen LogP contribution in [0, 0.1) is 0 Å². The van der Waals surface area contributed by atoms with E-state index < -0.39 is 0 Å². The van der Waals surface area contributed by atoms with E-state index >= 15 is 0 Å². The maximum absolute atomic E-state index is 11.9. The van der Waals surface area contributed by atoms with E-state index in [2.05, 4.69) is 5.10 Å².